The quantitative estimate of drug-likeness (QED) is 0.662. The van der Waals surface area contributed by atoms with Crippen LogP contribution in [0.15, 0.2) is 42.5 Å². The highest BCUT2D eigenvalue weighted by Crippen LogP contribution is 2.25. The molecule has 140 valence electrons. The Morgan fingerprint density at radius 1 is 1.23 bits per heavy atom. The number of urea groups is 1. The number of rotatable bonds is 7. The van der Waals surface area contributed by atoms with E-state index in [4.69, 9.17) is 27.9 Å². The van der Waals surface area contributed by atoms with E-state index < -0.39 is 6.10 Å². The number of ether oxygens (including phenoxy) is 1. The Labute approximate surface area is 163 Å². The molecule has 0 aliphatic rings. The highest BCUT2D eigenvalue weighted by molar-refractivity contribution is 6.35. The van der Waals surface area contributed by atoms with Gasteiger partial charge >= 0.3 is 6.03 Å². The first kappa shape index (κ1) is 20.4. The van der Waals surface area contributed by atoms with Crippen molar-refractivity contribution in [3.05, 3.63) is 63.6 Å². The lowest BCUT2D eigenvalue weighted by atomic mass is 10.1. The zero-order valence-electron chi connectivity index (χ0n) is 14.6. The number of methoxy groups -OCH3 is 1. The SMILES string of the molecule is COc1cccc(CC(C)NC(=O)NCC(O)c2ccc(Cl)cc2Cl)c1. The molecule has 0 spiro atoms. The fraction of sp³-hybridized carbons (Fsp3) is 0.316. The zero-order chi connectivity index (χ0) is 19.1. The molecule has 2 atom stereocenters. The van der Waals surface area contributed by atoms with Gasteiger partial charge in [0.05, 0.1) is 13.2 Å². The molecule has 0 bridgehead atoms. The highest BCUT2D eigenvalue weighted by Gasteiger charge is 2.14. The van der Waals surface area contributed by atoms with Crippen LogP contribution in [0.2, 0.25) is 10.0 Å². The predicted octanol–water partition coefficient (Wildman–Crippen LogP) is 3.97. The number of carbonyl (C=O) groups excluding carboxylic acids is 1. The largest absolute Gasteiger partial charge is 0.497 e. The van der Waals surface area contributed by atoms with E-state index in [0.717, 1.165) is 11.3 Å². The van der Waals surface area contributed by atoms with Crippen LogP contribution in [0.25, 0.3) is 0 Å². The van der Waals surface area contributed by atoms with Crippen molar-refractivity contribution < 1.29 is 14.6 Å². The summed E-state index contributed by atoms with van der Waals surface area (Å²) in [5.41, 5.74) is 1.57. The summed E-state index contributed by atoms with van der Waals surface area (Å²) in [5, 5.41) is 16.5. The van der Waals surface area contributed by atoms with Crippen LogP contribution in [0.4, 0.5) is 4.79 Å². The fourth-order valence-corrected chi connectivity index (χ4v) is 3.08. The number of nitrogens with one attached hydrogen (secondary N) is 2. The Balaban J connectivity index is 1.82. The molecule has 2 rings (SSSR count). The van der Waals surface area contributed by atoms with Crippen LogP contribution >= 0.6 is 23.2 Å². The standard InChI is InChI=1S/C19H22Cl2N2O3/c1-12(8-13-4-3-5-15(9-13)26-2)23-19(25)22-11-18(24)16-7-6-14(20)10-17(16)21/h3-7,9-10,12,18,24H,8,11H2,1-2H3,(H2,22,23,25). The van der Waals surface area contributed by atoms with Crippen LogP contribution in [0.1, 0.15) is 24.2 Å². The van der Waals surface area contributed by atoms with Crippen molar-refractivity contribution in [2.24, 2.45) is 0 Å². The summed E-state index contributed by atoms with van der Waals surface area (Å²) in [5.74, 6) is 0.780. The summed E-state index contributed by atoms with van der Waals surface area (Å²) in [4.78, 5) is 12.0. The summed E-state index contributed by atoms with van der Waals surface area (Å²) in [6.45, 7) is 1.95. The van der Waals surface area contributed by atoms with Crippen molar-refractivity contribution in [1.82, 2.24) is 10.6 Å². The minimum absolute atomic E-state index is 0.0407. The average molecular weight is 397 g/mol. The Morgan fingerprint density at radius 2 is 2.00 bits per heavy atom. The average Bonchev–Trinajstić information content (AvgIpc) is 2.59. The molecule has 0 aliphatic heterocycles. The summed E-state index contributed by atoms with van der Waals surface area (Å²) < 4.78 is 5.19. The van der Waals surface area contributed by atoms with Crippen molar-refractivity contribution in [3.8, 4) is 5.75 Å². The van der Waals surface area contributed by atoms with Gasteiger partial charge < -0.3 is 20.5 Å². The molecule has 0 saturated carbocycles. The number of halogens is 2. The van der Waals surface area contributed by atoms with Gasteiger partial charge in [0, 0.05) is 28.2 Å². The lowest BCUT2D eigenvalue weighted by Gasteiger charge is -2.17. The third kappa shape index (κ3) is 6.09. The molecule has 2 amide bonds. The van der Waals surface area contributed by atoms with Gasteiger partial charge in [0.2, 0.25) is 0 Å². The van der Waals surface area contributed by atoms with E-state index in [1.165, 1.54) is 0 Å². The number of aliphatic hydroxyl groups is 1. The zero-order valence-corrected chi connectivity index (χ0v) is 16.1. The van der Waals surface area contributed by atoms with Gasteiger partial charge in [0.25, 0.3) is 0 Å². The number of carbonyl (C=O) groups is 1. The molecule has 2 aromatic carbocycles. The third-order valence-corrected chi connectivity index (χ3v) is 4.39. The number of benzene rings is 2. The van der Waals surface area contributed by atoms with E-state index in [9.17, 15) is 9.90 Å². The molecule has 26 heavy (non-hydrogen) atoms. The second-order valence-corrected chi connectivity index (χ2v) is 6.84. The molecular formula is C19H22Cl2N2O3. The highest BCUT2D eigenvalue weighted by atomic mass is 35.5. The van der Waals surface area contributed by atoms with Crippen molar-refractivity contribution in [1.29, 1.82) is 0 Å². The van der Waals surface area contributed by atoms with Crippen molar-refractivity contribution in [2.75, 3.05) is 13.7 Å². The van der Waals surface area contributed by atoms with E-state index in [-0.39, 0.29) is 18.6 Å². The van der Waals surface area contributed by atoms with Crippen molar-refractivity contribution in [3.63, 3.8) is 0 Å². The lowest BCUT2D eigenvalue weighted by molar-refractivity contribution is 0.172. The van der Waals surface area contributed by atoms with Crippen molar-refractivity contribution >= 4 is 29.2 Å². The number of hydrogen-bond acceptors (Lipinski definition) is 3. The maximum atomic E-state index is 12.0. The van der Waals surface area contributed by atoms with E-state index in [0.29, 0.717) is 22.0 Å². The van der Waals surface area contributed by atoms with Gasteiger partial charge in [0.1, 0.15) is 5.75 Å². The topological polar surface area (TPSA) is 70.6 Å². The number of hydrogen-bond donors (Lipinski definition) is 3. The van der Waals surface area contributed by atoms with Crippen LogP contribution in [0, 0.1) is 0 Å². The number of aliphatic hydroxyl groups excluding tert-OH is 1. The predicted molar refractivity (Wildman–Crippen MR) is 104 cm³/mol. The first-order valence-corrected chi connectivity index (χ1v) is 8.95. The van der Waals surface area contributed by atoms with E-state index in [2.05, 4.69) is 10.6 Å². The molecule has 0 saturated heterocycles. The Hall–Kier alpha value is -1.95. The Kier molecular flexibility index (Phi) is 7.57. The molecule has 3 N–H and O–H groups in total. The Morgan fingerprint density at radius 3 is 2.69 bits per heavy atom. The maximum Gasteiger partial charge on any atom is 0.315 e. The minimum Gasteiger partial charge on any atom is -0.497 e. The monoisotopic (exact) mass is 396 g/mol. The molecule has 0 heterocycles. The van der Waals surface area contributed by atoms with E-state index >= 15 is 0 Å². The molecule has 0 radical (unpaired) electrons. The van der Waals surface area contributed by atoms with Crippen LogP contribution in [0.5, 0.6) is 5.75 Å². The number of amides is 2. The second kappa shape index (κ2) is 9.67. The molecule has 5 nitrogen and oxygen atoms in total. The normalized spacial score (nSPS) is 13.0. The summed E-state index contributed by atoms with van der Waals surface area (Å²) in [6, 6.07) is 12.1. The summed E-state index contributed by atoms with van der Waals surface area (Å²) >= 11 is 11.9. The maximum absolute atomic E-state index is 12.0. The van der Waals surface area contributed by atoms with Crippen LogP contribution < -0.4 is 15.4 Å². The van der Waals surface area contributed by atoms with Gasteiger partial charge in [-0.3, -0.25) is 0 Å². The molecular weight excluding hydrogens is 375 g/mol. The molecule has 7 heteroatoms. The van der Waals surface area contributed by atoms with Gasteiger partial charge in [-0.05, 0) is 43.2 Å². The van der Waals surface area contributed by atoms with Crippen molar-refractivity contribution in [2.45, 2.75) is 25.5 Å². The Bertz CT molecular complexity index is 755. The first-order chi connectivity index (χ1) is 12.4. The summed E-state index contributed by atoms with van der Waals surface area (Å²) in [7, 11) is 1.62. The van der Waals surface area contributed by atoms with E-state index in [1.54, 1.807) is 25.3 Å². The minimum atomic E-state index is -0.917. The smallest absolute Gasteiger partial charge is 0.315 e. The van der Waals surface area contributed by atoms with Crippen LogP contribution in [0.3, 0.4) is 0 Å². The van der Waals surface area contributed by atoms with Gasteiger partial charge in [-0.25, -0.2) is 4.79 Å². The molecule has 2 aromatic rings. The van der Waals surface area contributed by atoms with Crippen LogP contribution in [-0.2, 0) is 6.42 Å². The fourth-order valence-electron chi connectivity index (χ4n) is 2.55. The summed E-state index contributed by atoms with van der Waals surface area (Å²) in [6.07, 6.45) is -0.255. The molecule has 0 aromatic heterocycles. The van der Waals surface area contributed by atoms with E-state index in [1.807, 2.05) is 31.2 Å². The van der Waals surface area contributed by atoms with Gasteiger partial charge in [0.15, 0.2) is 0 Å². The first-order valence-electron chi connectivity index (χ1n) is 8.19. The third-order valence-electron chi connectivity index (χ3n) is 3.83. The molecule has 0 aliphatic carbocycles. The van der Waals surface area contributed by atoms with Gasteiger partial charge in [-0.2, -0.15) is 0 Å². The van der Waals surface area contributed by atoms with Gasteiger partial charge in [-0.1, -0.05) is 41.4 Å². The van der Waals surface area contributed by atoms with Crippen LogP contribution in [-0.4, -0.2) is 30.8 Å². The van der Waals surface area contributed by atoms with Gasteiger partial charge in [-0.15, -0.1) is 0 Å². The lowest BCUT2D eigenvalue weighted by Crippen LogP contribution is -2.43. The molecule has 2 unspecified atom stereocenters. The second-order valence-electron chi connectivity index (χ2n) is 5.99. The molecule has 0 fully saturated rings.